The van der Waals surface area contributed by atoms with Gasteiger partial charge < -0.3 is 14.7 Å². The van der Waals surface area contributed by atoms with Gasteiger partial charge in [-0.15, -0.1) is 11.3 Å². The molecule has 0 radical (unpaired) electrons. The molecule has 108 valence electrons. The number of morpholine rings is 1. The molecule has 1 N–H and O–H groups in total. The number of carbonyl (C=O) groups is 1. The van der Waals surface area contributed by atoms with Crippen molar-refractivity contribution in [3.05, 3.63) is 21.9 Å². The first-order valence-electron chi connectivity index (χ1n) is 6.73. The van der Waals surface area contributed by atoms with Crippen LogP contribution in [0.2, 0.25) is 0 Å². The third-order valence-corrected chi connectivity index (χ3v) is 3.85. The fraction of sp³-hybridized carbons (Fsp3) is 0.533. The highest BCUT2D eigenvalue weighted by Gasteiger charge is 2.26. The Balaban J connectivity index is 2.04. The number of aliphatic hydroxyl groups excluding tert-OH is 1. The van der Waals surface area contributed by atoms with Gasteiger partial charge in [0.2, 0.25) is 0 Å². The zero-order chi connectivity index (χ0) is 14.5. The monoisotopic (exact) mass is 293 g/mol. The van der Waals surface area contributed by atoms with Gasteiger partial charge in [-0.3, -0.25) is 4.79 Å². The Morgan fingerprint density at radius 2 is 2.20 bits per heavy atom. The summed E-state index contributed by atoms with van der Waals surface area (Å²) >= 11 is 1.46. The summed E-state index contributed by atoms with van der Waals surface area (Å²) in [4.78, 5) is 15.1. The van der Waals surface area contributed by atoms with E-state index < -0.39 is 0 Å². The summed E-state index contributed by atoms with van der Waals surface area (Å²) in [5.74, 6) is 5.86. The van der Waals surface area contributed by atoms with Gasteiger partial charge in [0.15, 0.2) is 0 Å². The fourth-order valence-corrected chi connectivity index (χ4v) is 2.99. The number of aliphatic hydroxyl groups is 1. The van der Waals surface area contributed by atoms with Crippen molar-refractivity contribution < 1.29 is 14.6 Å². The Kier molecular flexibility index (Phi) is 5.18. The smallest absolute Gasteiger partial charge is 0.254 e. The molecule has 2 rings (SSSR count). The van der Waals surface area contributed by atoms with E-state index in [1.807, 2.05) is 30.2 Å². The second kappa shape index (κ2) is 6.89. The van der Waals surface area contributed by atoms with Crippen molar-refractivity contribution in [3.8, 4) is 11.8 Å². The van der Waals surface area contributed by atoms with Crippen LogP contribution in [-0.4, -0.2) is 47.8 Å². The van der Waals surface area contributed by atoms with Crippen LogP contribution >= 0.6 is 11.3 Å². The van der Waals surface area contributed by atoms with Gasteiger partial charge >= 0.3 is 0 Å². The first-order chi connectivity index (χ1) is 9.60. The first kappa shape index (κ1) is 15.0. The van der Waals surface area contributed by atoms with E-state index in [0.717, 1.165) is 4.88 Å². The average molecular weight is 293 g/mol. The van der Waals surface area contributed by atoms with E-state index in [2.05, 4.69) is 11.8 Å². The minimum absolute atomic E-state index is 0.0402. The molecular weight excluding hydrogens is 274 g/mol. The zero-order valence-electron chi connectivity index (χ0n) is 11.8. The molecule has 0 aromatic carbocycles. The summed E-state index contributed by atoms with van der Waals surface area (Å²) in [6.07, 6.45) is 0.606. The molecule has 0 spiro atoms. The van der Waals surface area contributed by atoms with Gasteiger partial charge in [-0.2, -0.15) is 0 Å². The summed E-state index contributed by atoms with van der Waals surface area (Å²) in [6, 6.07) is 1.82. The number of carbonyl (C=O) groups excluding carboxylic acids is 1. The molecule has 1 saturated heterocycles. The van der Waals surface area contributed by atoms with Crippen molar-refractivity contribution in [1.29, 1.82) is 0 Å². The number of ether oxygens (including phenoxy) is 1. The van der Waals surface area contributed by atoms with E-state index >= 15 is 0 Å². The molecule has 20 heavy (non-hydrogen) atoms. The predicted molar refractivity (Wildman–Crippen MR) is 78.8 cm³/mol. The van der Waals surface area contributed by atoms with Crippen molar-refractivity contribution >= 4 is 17.2 Å². The Hall–Kier alpha value is -1.35. The van der Waals surface area contributed by atoms with E-state index in [1.165, 1.54) is 11.3 Å². The highest BCUT2D eigenvalue weighted by Crippen LogP contribution is 2.18. The maximum Gasteiger partial charge on any atom is 0.254 e. The summed E-state index contributed by atoms with van der Waals surface area (Å²) in [6.45, 7) is 5.29. The van der Waals surface area contributed by atoms with Crippen molar-refractivity contribution in [1.82, 2.24) is 4.90 Å². The van der Waals surface area contributed by atoms with Crippen LogP contribution in [0.3, 0.4) is 0 Å². The first-order valence-corrected chi connectivity index (χ1v) is 7.61. The van der Waals surface area contributed by atoms with Crippen LogP contribution in [0.4, 0.5) is 0 Å². The SMILES string of the molecule is C[C@@H]1CN(C(=O)c2csc(C#CCCO)c2)C[C@H](C)O1. The number of rotatable bonds is 2. The molecule has 2 heterocycles. The number of hydrogen-bond donors (Lipinski definition) is 1. The minimum Gasteiger partial charge on any atom is -0.395 e. The van der Waals surface area contributed by atoms with Crippen LogP contribution in [0, 0.1) is 11.8 Å². The van der Waals surface area contributed by atoms with E-state index in [4.69, 9.17) is 9.84 Å². The van der Waals surface area contributed by atoms with Gasteiger partial charge in [-0.05, 0) is 19.9 Å². The molecule has 0 unspecified atom stereocenters. The molecule has 0 bridgehead atoms. The molecule has 2 atom stereocenters. The number of hydrogen-bond acceptors (Lipinski definition) is 4. The molecule has 1 amide bonds. The topological polar surface area (TPSA) is 49.8 Å². The highest BCUT2D eigenvalue weighted by molar-refractivity contribution is 7.10. The van der Waals surface area contributed by atoms with Gasteiger partial charge in [0.05, 0.1) is 29.3 Å². The van der Waals surface area contributed by atoms with Gasteiger partial charge in [0.25, 0.3) is 5.91 Å². The molecule has 1 aliphatic rings. The average Bonchev–Trinajstić information content (AvgIpc) is 2.86. The predicted octanol–water partition coefficient (Wildman–Crippen LogP) is 1.73. The normalized spacial score (nSPS) is 22.2. The summed E-state index contributed by atoms with van der Waals surface area (Å²) in [7, 11) is 0. The molecule has 5 heteroatoms. The van der Waals surface area contributed by atoms with Crippen LogP contribution in [0.5, 0.6) is 0 Å². The Morgan fingerprint density at radius 3 is 2.85 bits per heavy atom. The molecule has 1 aromatic heterocycles. The lowest BCUT2D eigenvalue weighted by Gasteiger charge is -2.35. The lowest BCUT2D eigenvalue weighted by Crippen LogP contribution is -2.48. The Labute approximate surface area is 123 Å². The molecular formula is C15H19NO3S. The Bertz CT molecular complexity index is 519. The van der Waals surface area contributed by atoms with Gasteiger partial charge in [-0.1, -0.05) is 11.8 Å². The second-order valence-electron chi connectivity index (χ2n) is 4.94. The third kappa shape index (κ3) is 3.83. The number of amides is 1. The molecule has 1 aliphatic heterocycles. The standard InChI is InChI=1S/C15H19NO3S/c1-11-8-16(9-12(2)19-11)15(18)13-7-14(20-10-13)5-3-4-6-17/h7,10-12,17H,4,6,8-9H2,1-2H3/t11-,12+. The van der Waals surface area contributed by atoms with Crippen LogP contribution in [0.1, 0.15) is 35.5 Å². The zero-order valence-corrected chi connectivity index (χ0v) is 12.6. The van der Waals surface area contributed by atoms with E-state index in [9.17, 15) is 4.79 Å². The van der Waals surface area contributed by atoms with Crippen LogP contribution in [0.15, 0.2) is 11.4 Å². The van der Waals surface area contributed by atoms with Gasteiger partial charge in [0.1, 0.15) is 0 Å². The maximum atomic E-state index is 12.4. The maximum absolute atomic E-state index is 12.4. The van der Waals surface area contributed by atoms with E-state index in [-0.39, 0.29) is 24.7 Å². The Morgan fingerprint density at radius 1 is 1.50 bits per heavy atom. The quantitative estimate of drug-likeness (QED) is 0.845. The highest BCUT2D eigenvalue weighted by atomic mass is 32.1. The van der Waals surface area contributed by atoms with Crippen molar-refractivity contribution in [3.63, 3.8) is 0 Å². The molecule has 1 fully saturated rings. The molecule has 0 saturated carbocycles. The minimum atomic E-state index is 0.0402. The number of nitrogens with zero attached hydrogens (tertiary/aromatic N) is 1. The summed E-state index contributed by atoms with van der Waals surface area (Å²) in [5, 5.41) is 10.5. The second-order valence-corrected chi connectivity index (χ2v) is 5.85. The molecule has 0 aliphatic carbocycles. The van der Waals surface area contributed by atoms with Crippen LogP contribution in [-0.2, 0) is 4.74 Å². The largest absolute Gasteiger partial charge is 0.395 e. The number of thiophene rings is 1. The summed E-state index contributed by atoms with van der Waals surface area (Å²) in [5.41, 5.74) is 0.685. The van der Waals surface area contributed by atoms with E-state index in [0.29, 0.717) is 25.1 Å². The van der Waals surface area contributed by atoms with Crippen molar-refractivity contribution in [2.24, 2.45) is 0 Å². The lowest BCUT2D eigenvalue weighted by molar-refractivity contribution is -0.0586. The molecule has 4 nitrogen and oxygen atoms in total. The molecule has 1 aromatic rings. The third-order valence-electron chi connectivity index (χ3n) is 3.00. The van der Waals surface area contributed by atoms with Crippen molar-refractivity contribution in [2.45, 2.75) is 32.5 Å². The summed E-state index contributed by atoms with van der Waals surface area (Å²) < 4.78 is 5.64. The van der Waals surface area contributed by atoms with Crippen LogP contribution < -0.4 is 0 Å². The van der Waals surface area contributed by atoms with Crippen molar-refractivity contribution in [2.75, 3.05) is 19.7 Å². The van der Waals surface area contributed by atoms with Gasteiger partial charge in [-0.25, -0.2) is 0 Å². The van der Waals surface area contributed by atoms with E-state index in [1.54, 1.807) is 0 Å². The van der Waals surface area contributed by atoms with Gasteiger partial charge in [0, 0.05) is 24.9 Å². The van der Waals surface area contributed by atoms with Crippen LogP contribution in [0.25, 0.3) is 0 Å². The fourth-order valence-electron chi connectivity index (χ4n) is 2.25. The lowest BCUT2D eigenvalue weighted by atomic mass is 10.2.